The summed E-state index contributed by atoms with van der Waals surface area (Å²) in [6.07, 6.45) is 3.10. The molecule has 0 heterocycles. The summed E-state index contributed by atoms with van der Waals surface area (Å²) < 4.78 is 11.2. The van der Waals surface area contributed by atoms with Crippen LogP contribution in [0.1, 0.15) is 15.9 Å². The number of amides is 2. The molecule has 27 heavy (non-hydrogen) atoms. The van der Waals surface area contributed by atoms with Crippen molar-refractivity contribution in [3.05, 3.63) is 64.1 Å². The van der Waals surface area contributed by atoms with Gasteiger partial charge < -0.3 is 20.1 Å². The number of hydrogen-bond acceptors (Lipinski definition) is 4. The molecular formula is C20H21BrN2O4. The van der Waals surface area contributed by atoms with Crippen molar-refractivity contribution in [3.63, 3.8) is 0 Å². The van der Waals surface area contributed by atoms with Gasteiger partial charge in [-0.1, -0.05) is 15.9 Å². The standard InChI is InChI=1S/C20H21BrN2O4/c1-26-17-7-3-14(4-8-17)20(25)23-12-11-22-19(24)10-5-15-13-16(21)6-9-18(15)27-2/h3-10,13H,11-12H2,1-2H3,(H,22,24)(H,23,25). The zero-order chi connectivity index (χ0) is 19.6. The van der Waals surface area contributed by atoms with E-state index in [4.69, 9.17) is 9.47 Å². The molecule has 2 amide bonds. The normalized spacial score (nSPS) is 10.5. The van der Waals surface area contributed by atoms with E-state index in [2.05, 4.69) is 26.6 Å². The minimum absolute atomic E-state index is 0.207. The van der Waals surface area contributed by atoms with E-state index in [1.165, 1.54) is 6.08 Å². The lowest BCUT2D eigenvalue weighted by atomic mass is 10.2. The van der Waals surface area contributed by atoms with Crippen molar-refractivity contribution in [1.29, 1.82) is 0 Å². The lowest BCUT2D eigenvalue weighted by molar-refractivity contribution is -0.116. The number of nitrogens with one attached hydrogen (secondary N) is 2. The lowest BCUT2D eigenvalue weighted by Crippen LogP contribution is -2.33. The first-order valence-electron chi connectivity index (χ1n) is 8.25. The molecule has 0 atom stereocenters. The maximum absolute atomic E-state index is 12.0. The number of ether oxygens (including phenoxy) is 2. The van der Waals surface area contributed by atoms with Crippen LogP contribution in [-0.2, 0) is 4.79 Å². The highest BCUT2D eigenvalue weighted by atomic mass is 79.9. The molecule has 0 radical (unpaired) electrons. The van der Waals surface area contributed by atoms with Gasteiger partial charge in [-0.3, -0.25) is 9.59 Å². The number of rotatable bonds is 8. The lowest BCUT2D eigenvalue weighted by Gasteiger charge is -2.07. The van der Waals surface area contributed by atoms with Crippen molar-refractivity contribution < 1.29 is 19.1 Å². The summed E-state index contributed by atoms with van der Waals surface area (Å²) in [5.41, 5.74) is 1.32. The predicted molar refractivity (Wildman–Crippen MR) is 108 cm³/mol. The van der Waals surface area contributed by atoms with Crippen LogP contribution in [0.5, 0.6) is 11.5 Å². The van der Waals surface area contributed by atoms with Crippen LogP contribution in [0.25, 0.3) is 6.08 Å². The molecule has 2 aromatic carbocycles. The van der Waals surface area contributed by atoms with Crippen molar-refractivity contribution in [2.24, 2.45) is 0 Å². The third-order valence-corrected chi connectivity index (χ3v) is 4.16. The van der Waals surface area contributed by atoms with Crippen LogP contribution in [0.4, 0.5) is 0 Å². The second kappa shape index (κ2) is 10.4. The molecule has 0 aliphatic carbocycles. The minimum Gasteiger partial charge on any atom is -0.497 e. The third-order valence-electron chi connectivity index (χ3n) is 3.67. The van der Waals surface area contributed by atoms with Crippen LogP contribution < -0.4 is 20.1 Å². The smallest absolute Gasteiger partial charge is 0.251 e. The van der Waals surface area contributed by atoms with Gasteiger partial charge in [0.1, 0.15) is 11.5 Å². The maximum Gasteiger partial charge on any atom is 0.251 e. The molecule has 142 valence electrons. The molecule has 0 saturated heterocycles. The fraction of sp³-hybridized carbons (Fsp3) is 0.200. The molecule has 0 fully saturated rings. The van der Waals surface area contributed by atoms with Gasteiger partial charge in [0.2, 0.25) is 5.91 Å². The van der Waals surface area contributed by atoms with E-state index in [1.54, 1.807) is 44.6 Å². The van der Waals surface area contributed by atoms with Crippen LogP contribution in [-0.4, -0.2) is 39.1 Å². The van der Waals surface area contributed by atoms with Gasteiger partial charge >= 0.3 is 0 Å². The van der Waals surface area contributed by atoms with Crippen molar-refractivity contribution in [2.45, 2.75) is 0 Å². The first kappa shape index (κ1) is 20.5. The van der Waals surface area contributed by atoms with Gasteiger partial charge in [-0.2, -0.15) is 0 Å². The summed E-state index contributed by atoms with van der Waals surface area (Å²) in [4.78, 5) is 23.9. The van der Waals surface area contributed by atoms with Gasteiger partial charge in [-0.15, -0.1) is 0 Å². The Morgan fingerprint density at radius 1 is 1.00 bits per heavy atom. The van der Waals surface area contributed by atoms with Crippen molar-refractivity contribution in [2.75, 3.05) is 27.3 Å². The quantitative estimate of drug-likeness (QED) is 0.496. The van der Waals surface area contributed by atoms with E-state index in [0.717, 1.165) is 10.0 Å². The second-order valence-electron chi connectivity index (χ2n) is 5.50. The average molecular weight is 433 g/mol. The fourth-order valence-corrected chi connectivity index (χ4v) is 2.64. The van der Waals surface area contributed by atoms with E-state index in [0.29, 0.717) is 30.2 Å². The SMILES string of the molecule is COc1ccc(C(=O)NCCNC(=O)C=Cc2cc(Br)ccc2OC)cc1. The van der Waals surface area contributed by atoms with Crippen LogP contribution in [0.15, 0.2) is 53.0 Å². The molecular weight excluding hydrogens is 412 g/mol. The molecule has 6 nitrogen and oxygen atoms in total. The summed E-state index contributed by atoms with van der Waals surface area (Å²) >= 11 is 3.39. The Labute approximate surface area is 166 Å². The predicted octanol–water partition coefficient (Wildman–Crippen LogP) is 3.03. The molecule has 0 bridgehead atoms. The number of methoxy groups -OCH3 is 2. The van der Waals surface area contributed by atoms with Gasteiger partial charge in [0.15, 0.2) is 0 Å². The molecule has 0 aliphatic rings. The summed E-state index contributed by atoms with van der Waals surface area (Å²) in [6.45, 7) is 0.644. The van der Waals surface area contributed by atoms with Crippen molar-refractivity contribution in [3.8, 4) is 11.5 Å². The molecule has 0 aliphatic heterocycles. The fourth-order valence-electron chi connectivity index (χ4n) is 2.27. The Morgan fingerprint density at radius 3 is 2.37 bits per heavy atom. The van der Waals surface area contributed by atoms with E-state index in [1.807, 2.05) is 18.2 Å². The van der Waals surface area contributed by atoms with Crippen LogP contribution >= 0.6 is 15.9 Å². The van der Waals surface area contributed by atoms with Crippen LogP contribution in [0.3, 0.4) is 0 Å². The molecule has 0 spiro atoms. The zero-order valence-corrected chi connectivity index (χ0v) is 16.7. The summed E-state index contributed by atoms with van der Waals surface area (Å²) in [7, 11) is 3.14. The first-order valence-corrected chi connectivity index (χ1v) is 9.04. The zero-order valence-electron chi connectivity index (χ0n) is 15.1. The van der Waals surface area contributed by atoms with E-state index in [-0.39, 0.29) is 11.8 Å². The van der Waals surface area contributed by atoms with Crippen molar-refractivity contribution in [1.82, 2.24) is 10.6 Å². The Balaban J connectivity index is 1.77. The Hall–Kier alpha value is -2.80. The third kappa shape index (κ3) is 6.45. The van der Waals surface area contributed by atoms with Gasteiger partial charge in [0.05, 0.1) is 14.2 Å². The maximum atomic E-state index is 12.0. The highest BCUT2D eigenvalue weighted by Gasteiger charge is 2.05. The Morgan fingerprint density at radius 2 is 1.70 bits per heavy atom. The van der Waals surface area contributed by atoms with Gasteiger partial charge in [-0.25, -0.2) is 0 Å². The van der Waals surface area contributed by atoms with Crippen molar-refractivity contribution >= 4 is 33.8 Å². The summed E-state index contributed by atoms with van der Waals surface area (Å²) in [6, 6.07) is 12.3. The topological polar surface area (TPSA) is 76.7 Å². The molecule has 0 saturated carbocycles. The van der Waals surface area contributed by atoms with E-state index in [9.17, 15) is 9.59 Å². The van der Waals surface area contributed by atoms with E-state index >= 15 is 0 Å². The second-order valence-corrected chi connectivity index (χ2v) is 6.41. The summed E-state index contributed by atoms with van der Waals surface area (Å²) in [5, 5.41) is 5.46. The number of hydrogen-bond donors (Lipinski definition) is 2. The highest BCUT2D eigenvalue weighted by Crippen LogP contribution is 2.23. The van der Waals surface area contributed by atoms with Gasteiger partial charge in [0, 0.05) is 34.8 Å². The Kier molecular flexibility index (Phi) is 7.88. The average Bonchev–Trinajstić information content (AvgIpc) is 2.69. The molecule has 0 unspecified atom stereocenters. The monoisotopic (exact) mass is 432 g/mol. The number of carbonyl (C=O) groups excluding carboxylic acids is 2. The molecule has 2 aromatic rings. The van der Waals surface area contributed by atoms with E-state index < -0.39 is 0 Å². The van der Waals surface area contributed by atoms with Gasteiger partial charge in [0.25, 0.3) is 5.91 Å². The first-order chi connectivity index (χ1) is 13.0. The largest absolute Gasteiger partial charge is 0.497 e. The van der Waals surface area contributed by atoms with Crippen LogP contribution in [0.2, 0.25) is 0 Å². The summed E-state index contributed by atoms with van der Waals surface area (Å²) in [5.74, 6) is 0.902. The molecule has 2 N–H and O–H groups in total. The number of halogens is 1. The molecule has 0 aromatic heterocycles. The number of carbonyl (C=O) groups is 2. The highest BCUT2D eigenvalue weighted by molar-refractivity contribution is 9.10. The van der Waals surface area contributed by atoms with Gasteiger partial charge in [-0.05, 0) is 48.5 Å². The minimum atomic E-state index is -0.254. The number of benzene rings is 2. The van der Waals surface area contributed by atoms with Crippen LogP contribution in [0, 0.1) is 0 Å². The Bertz CT molecular complexity index is 819. The molecule has 2 rings (SSSR count). The molecule has 7 heteroatoms.